The van der Waals surface area contributed by atoms with E-state index in [2.05, 4.69) is 25.6 Å². The average Bonchev–Trinajstić information content (AvgIpc) is 2.87. The summed E-state index contributed by atoms with van der Waals surface area (Å²) in [5.74, 6) is -2.24. The number of H-pyrrole nitrogens is 1. The van der Waals surface area contributed by atoms with Crippen molar-refractivity contribution in [2.75, 3.05) is 5.32 Å². The van der Waals surface area contributed by atoms with Crippen molar-refractivity contribution in [3.05, 3.63) is 23.8 Å². The van der Waals surface area contributed by atoms with Gasteiger partial charge in [-0.2, -0.15) is 23.3 Å². The van der Waals surface area contributed by atoms with Gasteiger partial charge in [0.15, 0.2) is 0 Å². The number of carbonyl (C=O) groups is 1. The molecule has 0 unspecified atom stereocenters. The fraction of sp³-hybridized carbons (Fsp3) is 0.250. The smallest absolute Gasteiger partial charge is 0.290 e. The molecule has 10 heteroatoms. The van der Waals surface area contributed by atoms with Crippen LogP contribution in [0.15, 0.2) is 12.4 Å². The topological polar surface area (TPSA) is 88.5 Å². The molecule has 0 fully saturated rings. The van der Waals surface area contributed by atoms with Crippen LogP contribution in [-0.2, 0) is 13.2 Å². The summed E-state index contributed by atoms with van der Waals surface area (Å²) >= 11 is 0. The number of hydrogen-bond donors (Lipinski definition) is 2. The molecule has 2 rings (SSSR count). The second-order valence-electron chi connectivity index (χ2n) is 3.32. The maximum atomic E-state index is 12.3. The van der Waals surface area contributed by atoms with E-state index in [9.17, 15) is 18.0 Å². The number of amides is 1. The van der Waals surface area contributed by atoms with E-state index in [1.54, 1.807) is 0 Å². The lowest BCUT2D eigenvalue weighted by Crippen LogP contribution is -2.14. The van der Waals surface area contributed by atoms with Crippen LogP contribution in [0.2, 0.25) is 0 Å². The first-order valence-electron chi connectivity index (χ1n) is 4.66. The van der Waals surface area contributed by atoms with Crippen molar-refractivity contribution in [2.45, 2.75) is 6.18 Å². The van der Waals surface area contributed by atoms with Crippen molar-refractivity contribution in [1.29, 1.82) is 0 Å². The highest BCUT2D eigenvalue weighted by atomic mass is 19.4. The Morgan fingerprint density at radius 1 is 1.50 bits per heavy atom. The van der Waals surface area contributed by atoms with Gasteiger partial charge in [0.2, 0.25) is 5.95 Å². The number of anilines is 1. The molecule has 0 saturated heterocycles. The number of aromatic nitrogens is 5. The molecule has 1 amide bonds. The second kappa shape index (κ2) is 4.13. The molecule has 0 aromatic carbocycles. The number of aryl methyl sites for hydroxylation is 1. The van der Waals surface area contributed by atoms with Crippen LogP contribution in [0.5, 0.6) is 0 Å². The highest BCUT2D eigenvalue weighted by Crippen LogP contribution is 2.26. The molecule has 0 radical (unpaired) electrons. The Bertz CT molecular complexity index is 558. The molecule has 0 spiro atoms. The van der Waals surface area contributed by atoms with Crippen LogP contribution in [0.3, 0.4) is 0 Å². The van der Waals surface area contributed by atoms with Gasteiger partial charge >= 0.3 is 6.18 Å². The molecule has 2 aromatic rings. The van der Waals surface area contributed by atoms with Gasteiger partial charge in [-0.15, -0.1) is 5.10 Å². The summed E-state index contributed by atoms with van der Waals surface area (Å²) in [5, 5.41) is 11.3. The minimum Gasteiger partial charge on any atom is -0.290 e. The molecule has 0 bridgehead atoms. The predicted octanol–water partition coefficient (Wildman–Crippen LogP) is 0.809. The summed E-state index contributed by atoms with van der Waals surface area (Å²) in [6, 6.07) is 0. The van der Waals surface area contributed by atoms with Crippen molar-refractivity contribution >= 4 is 11.9 Å². The zero-order valence-corrected chi connectivity index (χ0v) is 8.99. The third-order valence-electron chi connectivity index (χ3n) is 2.00. The maximum Gasteiger partial charge on any atom is 0.453 e. The third kappa shape index (κ3) is 2.31. The zero-order chi connectivity index (χ0) is 13.3. The molecule has 0 aliphatic heterocycles. The summed E-state index contributed by atoms with van der Waals surface area (Å²) < 4.78 is 37.8. The van der Waals surface area contributed by atoms with E-state index in [1.165, 1.54) is 19.4 Å². The number of nitrogens with one attached hydrogen (secondary N) is 2. The van der Waals surface area contributed by atoms with Crippen LogP contribution in [0.25, 0.3) is 0 Å². The molecule has 18 heavy (non-hydrogen) atoms. The van der Waals surface area contributed by atoms with Gasteiger partial charge in [0, 0.05) is 13.2 Å². The maximum absolute atomic E-state index is 12.3. The number of alkyl halides is 3. The average molecular weight is 260 g/mol. The van der Waals surface area contributed by atoms with Gasteiger partial charge in [-0.05, 0) is 0 Å². The van der Waals surface area contributed by atoms with Gasteiger partial charge in [-0.25, -0.2) is 4.68 Å². The summed E-state index contributed by atoms with van der Waals surface area (Å²) in [6.07, 6.45) is -2.12. The Hall–Kier alpha value is -2.39. The van der Waals surface area contributed by atoms with E-state index in [1.807, 2.05) is 0 Å². The van der Waals surface area contributed by atoms with E-state index in [0.717, 1.165) is 4.68 Å². The van der Waals surface area contributed by atoms with Crippen LogP contribution in [0.1, 0.15) is 16.2 Å². The number of carbonyl (C=O) groups excluding carboxylic acids is 1. The van der Waals surface area contributed by atoms with Crippen molar-refractivity contribution in [3.8, 4) is 0 Å². The predicted molar refractivity (Wildman–Crippen MR) is 52.5 cm³/mol. The van der Waals surface area contributed by atoms with Crippen molar-refractivity contribution in [3.63, 3.8) is 0 Å². The fourth-order valence-electron chi connectivity index (χ4n) is 1.16. The van der Waals surface area contributed by atoms with E-state index in [0.29, 0.717) is 0 Å². The van der Waals surface area contributed by atoms with Gasteiger partial charge in [-0.3, -0.25) is 15.2 Å². The van der Waals surface area contributed by atoms with E-state index < -0.39 is 17.9 Å². The lowest BCUT2D eigenvalue weighted by atomic mass is 10.3. The summed E-state index contributed by atoms with van der Waals surface area (Å²) in [5.41, 5.74) is 0.173. The van der Waals surface area contributed by atoms with Crippen LogP contribution in [0.4, 0.5) is 19.1 Å². The van der Waals surface area contributed by atoms with E-state index in [-0.39, 0.29) is 11.5 Å². The monoisotopic (exact) mass is 260 g/mol. The third-order valence-corrected chi connectivity index (χ3v) is 2.00. The van der Waals surface area contributed by atoms with Gasteiger partial charge in [0.25, 0.3) is 11.7 Å². The standard InChI is InChI=1S/C8H7F3N6O/c1-17-7(15-6(16-17)8(9,10)11)14-5(18)4-2-12-13-3-4/h2-3H,1H3,(H,12,13)(H,14,15,16,18). The first-order valence-corrected chi connectivity index (χ1v) is 4.66. The molecule has 0 saturated carbocycles. The lowest BCUT2D eigenvalue weighted by molar-refractivity contribution is -0.144. The highest BCUT2D eigenvalue weighted by Gasteiger charge is 2.37. The van der Waals surface area contributed by atoms with Gasteiger partial charge in [0.1, 0.15) is 0 Å². The molecule has 0 atom stereocenters. The fourth-order valence-corrected chi connectivity index (χ4v) is 1.16. The Balaban J connectivity index is 2.20. The van der Waals surface area contributed by atoms with Gasteiger partial charge in [0.05, 0.1) is 11.8 Å². The van der Waals surface area contributed by atoms with Crippen molar-refractivity contribution in [2.24, 2.45) is 7.05 Å². The summed E-state index contributed by atoms with van der Waals surface area (Å²) in [7, 11) is 1.24. The quantitative estimate of drug-likeness (QED) is 0.836. The Morgan fingerprint density at radius 2 is 2.22 bits per heavy atom. The van der Waals surface area contributed by atoms with Crippen molar-refractivity contribution in [1.82, 2.24) is 25.0 Å². The minimum absolute atomic E-state index is 0.173. The number of halogens is 3. The molecular weight excluding hydrogens is 253 g/mol. The second-order valence-corrected chi connectivity index (χ2v) is 3.32. The molecular formula is C8H7F3N6O. The molecule has 0 aliphatic carbocycles. The van der Waals surface area contributed by atoms with Gasteiger partial charge in [-0.1, -0.05) is 0 Å². The summed E-state index contributed by atoms with van der Waals surface area (Å²) in [4.78, 5) is 14.7. The molecule has 2 N–H and O–H groups in total. The summed E-state index contributed by atoms with van der Waals surface area (Å²) in [6.45, 7) is 0. The zero-order valence-electron chi connectivity index (χ0n) is 8.99. The minimum atomic E-state index is -4.66. The SMILES string of the molecule is Cn1nc(C(F)(F)F)nc1NC(=O)c1cn[nH]c1. The Kier molecular flexibility index (Phi) is 2.77. The molecule has 2 heterocycles. The van der Waals surface area contributed by atoms with E-state index >= 15 is 0 Å². The first kappa shape index (κ1) is 12.1. The number of aromatic amines is 1. The van der Waals surface area contributed by atoms with E-state index in [4.69, 9.17) is 0 Å². The Labute approximate surface area is 98.0 Å². The van der Waals surface area contributed by atoms with Crippen LogP contribution < -0.4 is 5.32 Å². The molecule has 7 nitrogen and oxygen atoms in total. The molecule has 96 valence electrons. The van der Waals surface area contributed by atoms with Crippen LogP contribution in [-0.4, -0.2) is 30.9 Å². The van der Waals surface area contributed by atoms with Crippen LogP contribution >= 0.6 is 0 Å². The van der Waals surface area contributed by atoms with Crippen molar-refractivity contribution < 1.29 is 18.0 Å². The highest BCUT2D eigenvalue weighted by molar-refractivity contribution is 6.02. The van der Waals surface area contributed by atoms with Crippen LogP contribution in [0, 0.1) is 0 Å². The largest absolute Gasteiger partial charge is 0.453 e. The number of rotatable bonds is 2. The molecule has 0 aliphatic rings. The lowest BCUT2D eigenvalue weighted by Gasteiger charge is -2.00. The number of nitrogens with zero attached hydrogens (tertiary/aromatic N) is 4. The molecule has 2 aromatic heterocycles. The first-order chi connectivity index (χ1) is 8.38. The van der Waals surface area contributed by atoms with Gasteiger partial charge < -0.3 is 0 Å². The number of hydrogen-bond acceptors (Lipinski definition) is 4. The normalized spacial score (nSPS) is 11.6. The Morgan fingerprint density at radius 3 is 2.72 bits per heavy atom.